The number of aromatic nitrogens is 3. The van der Waals surface area contributed by atoms with Crippen molar-refractivity contribution in [2.45, 2.75) is 13.0 Å². The van der Waals surface area contributed by atoms with Crippen molar-refractivity contribution in [3.05, 3.63) is 51.6 Å². The molecule has 20 heavy (non-hydrogen) atoms. The number of hydrogen-bond acceptors (Lipinski definition) is 5. The van der Waals surface area contributed by atoms with Gasteiger partial charge in [0.25, 0.3) is 5.56 Å². The third kappa shape index (κ3) is 2.03. The van der Waals surface area contributed by atoms with E-state index in [-0.39, 0.29) is 5.56 Å². The molecule has 0 bridgehead atoms. The van der Waals surface area contributed by atoms with Crippen LogP contribution >= 0.6 is 0 Å². The topological polar surface area (TPSA) is 74.8 Å². The Hall–Kier alpha value is -2.68. The van der Waals surface area contributed by atoms with Crippen LogP contribution in [0.3, 0.4) is 0 Å². The van der Waals surface area contributed by atoms with Crippen molar-refractivity contribution >= 4 is 5.82 Å². The summed E-state index contributed by atoms with van der Waals surface area (Å²) in [7, 11) is 1.65. The van der Waals surface area contributed by atoms with E-state index in [9.17, 15) is 4.79 Å². The molecule has 0 atom stereocenters. The van der Waals surface area contributed by atoms with Gasteiger partial charge in [-0.15, -0.1) is 0 Å². The third-order valence-corrected chi connectivity index (χ3v) is 3.44. The number of nitrogens with zero attached hydrogens (tertiary/aromatic N) is 5. The highest BCUT2D eigenvalue weighted by Gasteiger charge is 2.21. The summed E-state index contributed by atoms with van der Waals surface area (Å²) >= 11 is 0. The van der Waals surface area contributed by atoms with Gasteiger partial charge in [-0.3, -0.25) is 4.79 Å². The van der Waals surface area contributed by atoms with Crippen LogP contribution in [0, 0.1) is 11.3 Å². The fourth-order valence-corrected chi connectivity index (χ4v) is 2.41. The minimum absolute atomic E-state index is 0.118. The van der Waals surface area contributed by atoms with Crippen LogP contribution in [0.25, 0.3) is 0 Å². The minimum Gasteiger partial charge on any atom is -0.351 e. The Kier molecular flexibility index (Phi) is 2.95. The largest absolute Gasteiger partial charge is 0.351 e. The lowest BCUT2D eigenvalue weighted by Crippen LogP contribution is -2.35. The van der Waals surface area contributed by atoms with Crippen LogP contribution in [-0.2, 0) is 20.0 Å². The maximum atomic E-state index is 11.7. The minimum atomic E-state index is -0.118. The van der Waals surface area contributed by atoms with Crippen LogP contribution in [0.4, 0.5) is 5.82 Å². The van der Waals surface area contributed by atoms with E-state index in [1.807, 2.05) is 4.90 Å². The number of nitriles is 1. The lowest BCUT2D eigenvalue weighted by atomic mass is 10.1. The molecule has 3 heterocycles. The third-order valence-electron chi connectivity index (χ3n) is 3.44. The van der Waals surface area contributed by atoms with E-state index in [1.165, 1.54) is 4.68 Å². The Morgan fingerprint density at radius 3 is 3.10 bits per heavy atom. The smallest absolute Gasteiger partial charge is 0.266 e. The van der Waals surface area contributed by atoms with E-state index in [0.717, 1.165) is 24.2 Å². The van der Waals surface area contributed by atoms with Gasteiger partial charge in [-0.2, -0.15) is 10.4 Å². The maximum absolute atomic E-state index is 11.7. The molecule has 0 aliphatic carbocycles. The molecule has 0 radical (unpaired) electrons. The van der Waals surface area contributed by atoms with Crippen LogP contribution in [0.15, 0.2) is 29.2 Å². The number of anilines is 1. The Bertz CT molecular complexity index is 759. The van der Waals surface area contributed by atoms with Crippen LogP contribution in [0.1, 0.15) is 16.8 Å². The molecule has 0 fully saturated rings. The summed E-state index contributed by atoms with van der Waals surface area (Å²) in [6.07, 6.45) is 2.42. The first-order valence-corrected chi connectivity index (χ1v) is 6.35. The van der Waals surface area contributed by atoms with E-state index in [2.05, 4.69) is 16.2 Å². The Morgan fingerprint density at radius 1 is 1.45 bits per heavy atom. The first-order chi connectivity index (χ1) is 9.69. The molecule has 0 saturated carbocycles. The van der Waals surface area contributed by atoms with Crippen molar-refractivity contribution in [1.29, 1.82) is 5.26 Å². The van der Waals surface area contributed by atoms with Crippen molar-refractivity contribution in [2.75, 3.05) is 11.4 Å². The van der Waals surface area contributed by atoms with E-state index >= 15 is 0 Å². The molecule has 3 rings (SSSR count). The van der Waals surface area contributed by atoms with Gasteiger partial charge in [0.05, 0.1) is 11.3 Å². The molecule has 0 aromatic carbocycles. The van der Waals surface area contributed by atoms with Crippen LogP contribution in [0.2, 0.25) is 0 Å². The first kappa shape index (κ1) is 12.4. The standard InChI is InChI=1S/C14H13N5O/c1-18-13(20)7-11-9-19(6-4-12(11)17-18)14-10(8-15)3-2-5-16-14/h2-3,5,7H,4,6,9H2,1H3. The second-order valence-corrected chi connectivity index (χ2v) is 4.74. The Labute approximate surface area is 115 Å². The molecule has 0 N–H and O–H groups in total. The number of pyridine rings is 1. The average Bonchev–Trinajstić information content (AvgIpc) is 2.48. The van der Waals surface area contributed by atoms with Crippen molar-refractivity contribution in [2.24, 2.45) is 7.05 Å². The van der Waals surface area contributed by atoms with Crippen molar-refractivity contribution in [3.8, 4) is 6.07 Å². The van der Waals surface area contributed by atoms with Gasteiger partial charge in [0, 0.05) is 44.4 Å². The SMILES string of the molecule is Cn1nc2c(cc1=O)CN(c1ncccc1C#N)CC2. The van der Waals surface area contributed by atoms with E-state index in [4.69, 9.17) is 5.26 Å². The normalized spacial score (nSPS) is 13.7. The highest BCUT2D eigenvalue weighted by Crippen LogP contribution is 2.23. The van der Waals surface area contributed by atoms with Crippen LogP contribution in [0.5, 0.6) is 0 Å². The molecule has 2 aromatic rings. The fourth-order valence-electron chi connectivity index (χ4n) is 2.41. The van der Waals surface area contributed by atoms with Gasteiger partial charge in [0.2, 0.25) is 0 Å². The molecular weight excluding hydrogens is 254 g/mol. The quantitative estimate of drug-likeness (QED) is 0.756. The Balaban J connectivity index is 1.98. The van der Waals surface area contributed by atoms with E-state index < -0.39 is 0 Å². The molecule has 100 valence electrons. The summed E-state index contributed by atoms with van der Waals surface area (Å²) in [5.74, 6) is 0.668. The summed E-state index contributed by atoms with van der Waals surface area (Å²) in [6, 6.07) is 7.26. The number of fused-ring (bicyclic) bond motifs is 1. The molecular formula is C14H13N5O. The number of aryl methyl sites for hydroxylation is 1. The maximum Gasteiger partial charge on any atom is 0.266 e. The van der Waals surface area contributed by atoms with Crippen LogP contribution < -0.4 is 10.5 Å². The van der Waals surface area contributed by atoms with Gasteiger partial charge in [0.15, 0.2) is 0 Å². The lowest BCUT2D eigenvalue weighted by molar-refractivity contribution is 0.622. The molecule has 6 heteroatoms. The van der Waals surface area contributed by atoms with Crippen LogP contribution in [-0.4, -0.2) is 21.3 Å². The summed E-state index contributed by atoms with van der Waals surface area (Å²) < 4.78 is 1.36. The number of hydrogen-bond donors (Lipinski definition) is 0. The van der Waals surface area contributed by atoms with Gasteiger partial charge < -0.3 is 4.90 Å². The van der Waals surface area contributed by atoms with Gasteiger partial charge in [-0.05, 0) is 12.1 Å². The molecule has 6 nitrogen and oxygen atoms in total. The zero-order valence-electron chi connectivity index (χ0n) is 11.1. The molecule has 1 aliphatic rings. The summed E-state index contributed by atoms with van der Waals surface area (Å²) in [6.45, 7) is 1.30. The van der Waals surface area contributed by atoms with Gasteiger partial charge >= 0.3 is 0 Å². The second kappa shape index (κ2) is 4.78. The second-order valence-electron chi connectivity index (χ2n) is 4.74. The first-order valence-electron chi connectivity index (χ1n) is 6.35. The van der Waals surface area contributed by atoms with Gasteiger partial charge in [-0.1, -0.05) is 0 Å². The van der Waals surface area contributed by atoms with Gasteiger partial charge in [-0.25, -0.2) is 9.67 Å². The molecule has 1 aliphatic heterocycles. The molecule has 0 saturated heterocycles. The van der Waals surface area contributed by atoms with Gasteiger partial charge in [0.1, 0.15) is 11.9 Å². The summed E-state index contributed by atoms with van der Waals surface area (Å²) in [4.78, 5) is 18.0. The highest BCUT2D eigenvalue weighted by molar-refractivity contribution is 5.54. The molecule has 2 aromatic heterocycles. The van der Waals surface area contributed by atoms with E-state index in [0.29, 0.717) is 17.9 Å². The zero-order valence-corrected chi connectivity index (χ0v) is 11.1. The van der Waals surface area contributed by atoms with E-state index in [1.54, 1.807) is 31.4 Å². The highest BCUT2D eigenvalue weighted by atomic mass is 16.1. The molecule has 0 unspecified atom stereocenters. The fraction of sp³-hybridized carbons (Fsp3) is 0.286. The zero-order chi connectivity index (χ0) is 14.1. The predicted octanol–water partition coefficient (Wildman–Crippen LogP) is 0.610. The van der Waals surface area contributed by atoms with Crippen molar-refractivity contribution in [3.63, 3.8) is 0 Å². The van der Waals surface area contributed by atoms with Crippen molar-refractivity contribution in [1.82, 2.24) is 14.8 Å². The Morgan fingerprint density at radius 2 is 2.30 bits per heavy atom. The molecule has 0 amide bonds. The summed E-state index contributed by atoms with van der Waals surface area (Å²) in [5.41, 5.74) is 2.28. The predicted molar refractivity (Wildman–Crippen MR) is 73.2 cm³/mol. The average molecular weight is 267 g/mol. The molecule has 0 spiro atoms. The monoisotopic (exact) mass is 267 g/mol. The number of rotatable bonds is 1. The summed E-state index contributed by atoms with van der Waals surface area (Å²) in [5, 5.41) is 13.4. The lowest BCUT2D eigenvalue weighted by Gasteiger charge is -2.29. The van der Waals surface area contributed by atoms with Crippen molar-refractivity contribution < 1.29 is 0 Å².